The molecule has 1 saturated heterocycles. The van der Waals surface area contributed by atoms with Crippen LogP contribution in [-0.4, -0.2) is 58.4 Å². The van der Waals surface area contributed by atoms with Gasteiger partial charge in [0, 0.05) is 19.1 Å². The number of hydrogen-bond acceptors (Lipinski definition) is 5. The Labute approximate surface area is 168 Å². The van der Waals surface area contributed by atoms with E-state index in [1.54, 1.807) is 18.2 Å². The van der Waals surface area contributed by atoms with Gasteiger partial charge >= 0.3 is 0 Å². The summed E-state index contributed by atoms with van der Waals surface area (Å²) in [7, 11) is 0. The third-order valence-electron chi connectivity index (χ3n) is 5.81. The Morgan fingerprint density at radius 2 is 2.14 bits per heavy atom. The number of fused-ring (bicyclic) bond motifs is 1. The highest BCUT2D eigenvalue weighted by Gasteiger charge is 2.38. The first kappa shape index (κ1) is 20.0. The molecular weight excluding hydrogens is 383 g/mol. The maximum Gasteiger partial charge on any atom is 0.260 e. The average Bonchev–Trinajstić information content (AvgIpc) is 3.20. The van der Waals surface area contributed by atoms with Gasteiger partial charge in [-0.05, 0) is 50.3 Å². The molecular formula is C20H26F3N5O. The summed E-state index contributed by atoms with van der Waals surface area (Å²) < 4.78 is 47.4. The lowest BCUT2D eigenvalue weighted by molar-refractivity contribution is 0.0552. The van der Waals surface area contributed by atoms with E-state index in [2.05, 4.69) is 20.3 Å². The van der Waals surface area contributed by atoms with Crippen LogP contribution in [0.2, 0.25) is 0 Å². The molecule has 1 fully saturated rings. The number of alkyl halides is 2. The van der Waals surface area contributed by atoms with Crippen LogP contribution in [0.5, 0.6) is 5.75 Å². The van der Waals surface area contributed by atoms with E-state index in [4.69, 9.17) is 4.74 Å². The molecule has 1 unspecified atom stereocenters. The van der Waals surface area contributed by atoms with Gasteiger partial charge < -0.3 is 15.0 Å². The minimum absolute atomic E-state index is 0.0387. The number of ether oxygens (including phenoxy) is 1. The van der Waals surface area contributed by atoms with E-state index in [9.17, 15) is 13.2 Å². The fourth-order valence-electron chi connectivity index (χ4n) is 4.36. The molecule has 1 aromatic carbocycles. The number of piperidine rings is 1. The van der Waals surface area contributed by atoms with Crippen molar-refractivity contribution in [2.24, 2.45) is 5.92 Å². The first-order valence-corrected chi connectivity index (χ1v) is 10.2. The van der Waals surface area contributed by atoms with E-state index in [-0.39, 0.29) is 23.5 Å². The molecule has 0 aliphatic carbocycles. The Balaban J connectivity index is 1.28. The van der Waals surface area contributed by atoms with Crippen LogP contribution in [0.4, 0.5) is 19.1 Å². The number of anilines is 1. The minimum atomic E-state index is -2.46. The van der Waals surface area contributed by atoms with Crippen LogP contribution in [0, 0.1) is 11.7 Å². The molecule has 9 heteroatoms. The van der Waals surface area contributed by atoms with E-state index in [1.165, 1.54) is 17.1 Å². The quantitative estimate of drug-likeness (QED) is 0.709. The van der Waals surface area contributed by atoms with Crippen molar-refractivity contribution in [1.82, 2.24) is 19.7 Å². The number of nitrogens with one attached hydrogen (secondary N) is 1. The average molecular weight is 409 g/mol. The van der Waals surface area contributed by atoms with Crippen molar-refractivity contribution in [3.8, 4) is 5.75 Å². The Kier molecular flexibility index (Phi) is 6.22. The third kappa shape index (κ3) is 4.66. The van der Waals surface area contributed by atoms with Gasteiger partial charge in [0.1, 0.15) is 12.4 Å². The van der Waals surface area contributed by atoms with E-state index < -0.39 is 12.5 Å². The molecule has 6 nitrogen and oxygen atoms in total. The zero-order chi connectivity index (χ0) is 20.2. The number of rotatable bonds is 7. The predicted molar refractivity (Wildman–Crippen MR) is 103 cm³/mol. The standard InChI is InChI=1S/C20H26F3N5O/c21-15-6-1-2-7-18(15)29-10-4-9-27-8-3-5-14(12-27)16-11-17(19(22)23)28-20(26-16)24-13-25-28/h1-2,6-7,13-14,16-17,19H,3-5,8-12H2,(H,24,25,26)/t14?,16-,17+/m0/s1. The first-order valence-electron chi connectivity index (χ1n) is 10.2. The van der Waals surface area contributed by atoms with Gasteiger partial charge in [0.2, 0.25) is 5.95 Å². The number of aromatic nitrogens is 3. The topological polar surface area (TPSA) is 55.2 Å². The van der Waals surface area contributed by atoms with Gasteiger partial charge in [-0.2, -0.15) is 10.1 Å². The van der Waals surface area contributed by atoms with Crippen molar-refractivity contribution in [2.45, 2.75) is 44.2 Å². The Morgan fingerprint density at radius 3 is 2.97 bits per heavy atom. The molecule has 0 spiro atoms. The second kappa shape index (κ2) is 9.02. The molecule has 1 N–H and O–H groups in total. The highest BCUT2D eigenvalue weighted by Crippen LogP contribution is 2.35. The summed E-state index contributed by atoms with van der Waals surface area (Å²) in [6.45, 7) is 3.12. The van der Waals surface area contributed by atoms with E-state index in [0.29, 0.717) is 19.0 Å². The zero-order valence-corrected chi connectivity index (χ0v) is 16.2. The zero-order valence-electron chi connectivity index (χ0n) is 16.2. The van der Waals surface area contributed by atoms with Crippen LogP contribution in [0.25, 0.3) is 0 Å². The molecule has 158 valence electrons. The van der Waals surface area contributed by atoms with Gasteiger partial charge in [-0.3, -0.25) is 0 Å². The molecule has 3 heterocycles. The number of likely N-dealkylation sites (tertiary alicyclic amines) is 1. The van der Waals surface area contributed by atoms with Crippen molar-refractivity contribution in [2.75, 3.05) is 31.6 Å². The number of nitrogens with zero attached hydrogens (tertiary/aromatic N) is 4. The maximum atomic E-state index is 13.6. The van der Waals surface area contributed by atoms with Crippen molar-refractivity contribution >= 4 is 5.95 Å². The highest BCUT2D eigenvalue weighted by molar-refractivity contribution is 5.29. The minimum Gasteiger partial charge on any atom is -0.490 e. The smallest absolute Gasteiger partial charge is 0.260 e. The molecule has 2 aromatic rings. The maximum absolute atomic E-state index is 13.6. The summed E-state index contributed by atoms with van der Waals surface area (Å²) in [5.41, 5.74) is 0. The fraction of sp³-hybridized carbons (Fsp3) is 0.600. The Hall–Kier alpha value is -2.29. The lowest BCUT2D eigenvalue weighted by Crippen LogP contribution is -2.47. The normalized spacial score (nSPS) is 24.9. The molecule has 3 atom stereocenters. The SMILES string of the molecule is Fc1ccccc1OCCCN1CCCC([C@@H]2C[C@H](C(F)F)n3ncnc3N2)C1. The van der Waals surface area contributed by atoms with Crippen LogP contribution in [0.1, 0.15) is 31.7 Å². The van der Waals surface area contributed by atoms with Gasteiger partial charge in [0.05, 0.1) is 6.61 Å². The fourth-order valence-corrected chi connectivity index (χ4v) is 4.36. The molecule has 0 saturated carbocycles. The highest BCUT2D eigenvalue weighted by atomic mass is 19.3. The molecule has 4 rings (SSSR count). The van der Waals surface area contributed by atoms with E-state index in [0.717, 1.165) is 38.9 Å². The van der Waals surface area contributed by atoms with Crippen LogP contribution in [-0.2, 0) is 0 Å². The molecule has 0 bridgehead atoms. The number of para-hydroxylation sites is 1. The number of benzene rings is 1. The van der Waals surface area contributed by atoms with E-state index in [1.807, 2.05) is 0 Å². The second-order valence-electron chi connectivity index (χ2n) is 7.75. The van der Waals surface area contributed by atoms with Crippen molar-refractivity contribution in [3.05, 3.63) is 36.4 Å². The Morgan fingerprint density at radius 1 is 1.28 bits per heavy atom. The lowest BCUT2D eigenvalue weighted by Gasteiger charge is -2.40. The van der Waals surface area contributed by atoms with Gasteiger partial charge in [-0.15, -0.1) is 0 Å². The summed E-state index contributed by atoms with van der Waals surface area (Å²) in [5, 5.41) is 7.26. The van der Waals surface area contributed by atoms with Crippen molar-refractivity contribution in [3.63, 3.8) is 0 Å². The summed E-state index contributed by atoms with van der Waals surface area (Å²) in [4.78, 5) is 6.44. The monoisotopic (exact) mass is 409 g/mol. The summed E-state index contributed by atoms with van der Waals surface area (Å²) in [6.07, 6.45) is 2.03. The number of halogens is 3. The lowest BCUT2D eigenvalue weighted by atomic mass is 9.86. The first-order chi connectivity index (χ1) is 14.1. The Bertz CT molecular complexity index is 802. The molecule has 2 aliphatic heterocycles. The summed E-state index contributed by atoms with van der Waals surface area (Å²) in [6, 6.07) is 5.43. The van der Waals surface area contributed by atoms with Crippen LogP contribution in [0.15, 0.2) is 30.6 Å². The summed E-state index contributed by atoms with van der Waals surface area (Å²) in [5.74, 6) is 0.637. The van der Waals surface area contributed by atoms with Crippen LogP contribution in [0.3, 0.4) is 0 Å². The molecule has 1 aromatic heterocycles. The molecule has 29 heavy (non-hydrogen) atoms. The van der Waals surface area contributed by atoms with E-state index >= 15 is 0 Å². The third-order valence-corrected chi connectivity index (χ3v) is 5.81. The van der Waals surface area contributed by atoms with Gasteiger partial charge in [0.15, 0.2) is 11.6 Å². The van der Waals surface area contributed by atoms with Gasteiger partial charge in [0.25, 0.3) is 6.43 Å². The second-order valence-corrected chi connectivity index (χ2v) is 7.75. The van der Waals surface area contributed by atoms with Crippen LogP contribution < -0.4 is 10.1 Å². The van der Waals surface area contributed by atoms with Crippen molar-refractivity contribution < 1.29 is 17.9 Å². The number of hydrogen-bond donors (Lipinski definition) is 1. The molecule has 0 radical (unpaired) electrons. The van der Waals surface area contributed by atoms with Crippen molar-refractivity contribution in [1.29, 1.82) is 0 Å². The van der Waals surface area contributed by atoms with Gasteiger partial charge in [-0.25, -0.2) is 17.9 Å². The summed E-state index contributed by atoms with van der Waals surface area (Å²) >= 11 is 0. The van der Waals surface area contributed by atoms with Gasteiger partial charge in [-0.1, -0.05) is 12.1 Å². The largest absolute Gasteiger partial charge is 0.490 e. The van der Waals surface area contributed by atoms with Crippen LogP contribution >= 0.6 is 0 Å². The predicted octanol–water partition coefficient (Wildman–Crippen LogP) is 3.59. The molecule has 2 aliphatic rings. The molecule has 0 amide bonds.